The van der Waals surface area contributed by atoms with Crippen LogP contribution in [0, 0.1) is 16.0 Å². The predicted molar refractivity (Wildman–Crippen MR) is 158 cm³/mol. The van der Waals surface area contributed by atoms with E-state index in [1.807, 2.05) is 44.2 Å². The van der Waals surface area contributed by atoms with Crippen LogP contribution in [0.15, 0.2) is 93.0 Å². The molecule has 12 heteroatoms. The first-order chi connectivity index (χ1) is 19.9. The molecule has 1 aromatic heterocycles. The van der Waals surface area contributed by atoms with Gasteiger partial charge in [-0.25, -0.2) is 13.2 Å². The van der Waals surface area contributed by atoms with Crippen LogP contribution in [-0.4, -0.2) is 53.1 Å². The number of hydrogen-bond acceptors (Lipinski definition) is 9. The van der Waals surface area contributed by atoms with Crippen LogP contribution in [0.25, 0.3) is 11.0 Å². The van der Waals surface area contributed by atoms with Gasteiger partial charge >= 0.3 is 5.63 Å². The first-order valence-corrected chi connectivity index (χ1v) is 14.8. The van der Waals surface area contributed by atoms with Gasteiger partial charge in [-0.1, -0.05) is 44.2 Å². The van der Waals surface area contributed by atoms with Crippen LogP contribution >= 0.6 is 0 Å². The molecule has 0 unspecified atom stereocenters. The Morgan fingerprint density at radius 3 is 2.33 bits per heavy atom. The van der Waals surface area contributed by atoms with E-state index in [2.05, 4.69) is 5.32 Å². The number of sulfonamides is 1. The number of nitro benzene ring substituents is 1. The van der Waals surface area contributed by atoms with Crippen LogP contribution in [0.2, 0.25) is 0 Å². The highest BCUT2D eigenvalue weighted by Crippen LogP contribution is 2.24. The minimum atomic E-state index is -4.10. The Bertz CT molecular complexity index is 1690. The van der Waals surface area contributed by atoms with Gasteiger partial charge in [0.15, 0.2) is 0 Å². The number of fused-ring (bicyclic) bond motifs is 1. The van der Waals surface area contributed by atoms with Gasteiger partial charge in [0, 0.05) is 55.3 Å². The van der Waals surface area contributed by atoms with E-state index in [-0.39, 0.29) is 47.5 Å². The Hall–Kier alpha value is -4.10. The van der Waals surface area contributed by atoms with E-state index < -0.39 is 32.7 Å². The lowest BCUT2D eigenvalue weighted by Gasteiger charge is -2.31. The van der Waals surface area contributed by atoms with E-state index in [0.29, 0.717) is 17.4 Å². The minimum absolute atomic E-state index is 0.0485. The second kappa shape index (κ2) is 13.3. The van der Waals surface area contributed by atoms with Crippen LogP contribution in [0.3, 0.4) is 0 Å². The molecule has 0 aliphatic carbocycles. The molecule has 3 N–H and O–H groups in total. The number of aliphatic hydroxyl groups excluding tert-OH is 1. The van der Waals surface area contributed by atoms with E-state index in [1.165, 1.54) is 34.6 Å². The first kappa shape index (κ1) is 30.8. The monoisotopic (exact) mass is 595 g/mol. The van der Waals surface area contributed by atoms with Gasteiger partial charge < -0.3 is 19.9 Å². The molecular formula is C30H33N3O8S. The molecule has 2 atom stereocenters. The van der Waals surface area contributed by atoms with Crippen molar-refractivity contribution in [1.29, 1.82) is 0 Å². The maximum absolute atomic E-state index is 13.6. The number of nitrogens with zero attached hydrogens (tertiary/aromatic N) is 2. The van der Waals surface area contributed by atoms with Crippen LogP contribution < -0.4 is 10.9 Å². The third kappa shape index (κ3) is 7.59. The van der Waals surface area contributed by atoms with Gasteiger partial charge in [0.25, 0.3) is 5.69 Å². The Balaban J connectivity index is 1.62. The summed E-state index contributed by atoms with van der Waals surface area (Å²) in [5.74, 6) is -0.121. The molecule has 4 aromatic rings. The molecule has 0 spiro atoms. The number of aliphatic hydroxyl groups is 1. The average Bonchev–Trinajstić information content (AvgIpc) is 2.94. The third-order valence-corrected chi connectivity index (χ3v) is 8.62. The van der Waals surface area contributed by atoms with Crippen LogP contribution in [0.4, 0.5) is 5.69 Å². The standard InChI is InChI=1S/C30H33N3O8S/c1-20(2)18-32(42(39,40)25-11-8-23(9-12-25)33(37)38)19-28(35)27(14-21-6-4-3-5-7-21)31-17-22-15-30(36)41-29-16-24(34)10-13-26(22)29/h3-13,15-16,20,27-28,31,34-35H,14,17-19H2,1-2H3/t27-,28+/m0/s1. The minimum Gasteiger partial charge on any atom is -0.508 e. The van der Waals surface area contributed by atoms with Crippen molar-refractivity contribution in [3.05, 3.63) is 111 Å². The van der Waals surface area contributed by atoms with E-state index >= 15 is 0 Å². The first-order valence-electron chi connectivity index (χ1n) is 13.4. The molecule has 0 amide bonds. The SMILES string of the molecule is CC(C)CN(C[C@@H](O)[C@H](Cc1ccccc1)NCc1cc(=O)oc2cc(O)ccc12)S(=O)(=O)c1ccc([N+](=O)[O-])cc1. The molecule has 222 valence electrons. The molecule has 0 fully saturated rings. The number of phenolic OH excluding ortho intramolecular Hbond substituents is 1. The molecule has 42 heavy (non-hydrogen) atoms. The predicted octanol–water partition coefficient (Wildman–Crippen LogP) is 3.82. The topological polar surface area (TPSA) is 163 Å². The lowest BCUT2D eigenvalue weighted by atomic mass is 10.00. The zero-order valence-electron chi connectivity index (χ0n) is 23.2. The summed E-state index contributed by atoms with van der Waals surface area (Å²) in [5.41, 5.74) is 0.891. The van der Waals surface area contributed by atoms with Crippen molar-refractivity contribution >= 4 is 26.7 Å². The molecular weight excluding hydrogens is 562 g/mol. The van der Waals surface area contributed by atoms with Crippen molar-refractivity contribution in [3.63, 3.8) is 0 Å². The number of nitro groups is 1. The molecule has 0 radical (unpaired) electrons. The molecule has 0 saturated heterocycles. The second-order valence-corrected chi connectivity index (χ2v) is 12.4. The number of non-ortho nitro benzene ring substituents is 1. The van der Waals surface area contributed by atoms with E-state index in [1.54, 1.807) is 6.07 Å². The number of nitrogens with one attached hydrogen (secondary N) is 1. The summed E-state index contributed by atoms with van der Waals surface area (Å²) < 4.78 is 33.6. The summed E-state index contributed by atoms with van der Waals surface area (Å²) in [5, 5.41) is 36.3. The maximum Gasteiger partial charge on any atom is 0.336 e. The molecule has 11 nitrogen and oxygen atoms in total. The molecule has 0 saturated carbocycles. The summed E-state index contributed by atoms with van der Waals surface area (Å²) in [6, 6.07) is 19.2. The van der Waals surface area contributed by atoms with Crippen molar-refractivity contribution < 1.29 is 28.0 Å². The zero-order valence-corrected chi connectivity index (χ0v) is 24.0. The lowest BCUT2D eigenvalue weighted by molar-refractivity contribution is -0.384. The van der Waals surface area contributed by atoms with Gasteiger partial charge in [0.05, 0.1) is 15.9 Å². The fourth-order valence-electron chi connectivity index (χ4n) is 4.72. The third-order valence-electron chi connectivity index (χ3n) is 6.78. The van der Waals surface area contributed by atoms with Crippen LogP contribution in [0.5, 0.6) is 5.75 Å². The number of rotatable bonds is 13. The van der Waals surface area contributed by atoms with Gasteiger partial charge in [-0.2, -0.15) is 4.31 Å². The summed E-state index contributed by atoms with van der Waals surface area (Å²) >= 11 is 0. The summed E-state index contributed by atoms with van der Waals surface area (Å²) in [6.45, 7) is 3.74. The van der Waals surface area contributed by atoms with Gasteiger partial charge in [-0.05, 0) is 47.7 Å². The van der Waals surface area contributed by atoms with Gasteiger partial charge in [0.2, 0.25) is 10.0 Å². The van der Waals surface area contributed by atoms with Crippen molar-refractivity contribution in [3.8, 4) is 5.75 Å². The summed E-state index contributed by atoms with van der Waals surface area (Å²) in [4.78, 5) is 22.5. The normalized spacial score (nSPS) is 13.5. The molecule has 0 aliphatic heterocycles. The number of aromatic hydroxyl groups is 1. The largest absolute Gasteiger partial charge is 0.508 e. The fourth-order valence-corrected chi connectivity index (χ4v) is 6.34. The quantitative estimate of drug-likeness (QED) is 0.118. The molecule has 4 rings (SSSR count). The Morgan fingerprint density at radius 1 is 1.00 bits per heavy atom. The maximum atomic E-state index is 13.6. The van der Waals surface area contributed by atoms with E-state index in [9.17, 15) is 33.5 Å². The van der Waals surface area contributed by atoms with Gasteiger partial charge in [-0.15, -0.1) is 0 Å². The Labute approximate surface area is 243 Å². The Morgan fingerprint density at radius 2 is 1.69 bits per heavy atom. The molecule has 0 bridgehead atoms. The van der Waals surface area contributed by atoms with Crippen molar-refractivity contribution in [2.24, 2.45) is 5.92 Å². The summed E-state index contributed by atoms with van der Waals surface area (Å²) in [6.07, 6.45) is -0.817. The smallest absolute Gasteiger partial charge is 0.336 e. The highest BCUT2D eigenvalue weighted by atomic mass is 32.2. The average molecular weight is 596 g/mol. The van der Waals surface area contributed by atoms with Crippen LogP contribution in [0.1, 0.15) is 25.0 Å². The Kier molecular flexibility index (Phi) is 9.74. The molecule has 1 heterocycles. The van der Waals surface area contributed by atoms with Gasteiger partial charge in [-0.3, -0.25) is 10.1 Å². The van der Waals surface area contributed by atoms with Crippen molar-refractivity contribution in [1.82, 2.24) is 9.62 Å². The second-order valence-electron chi connectivity index (χ2n) is 10.5. The zero-order chi connectivity index (χ0) is 30.4. The number of benzene rings is 3. The summed E-state index contributed by atoms with van der Waals surface area (Å²) in [7, 11) is -4.10. The van der Waals surface area contributed by atoms with E-state index in [0.717, 1.165) is 17.7 Å². The van der Waals surface area contributed by atoms with Crippen molar-refractivity contribution in [2.45, 2.75) is 43.9 Å². The molecule has 0 aliphatic rings. The highest BCUT2D eigenvalue weighted by molar-refractivity contribution is 7.89. The van der Waals surface area contributed by atoms with Gasteiger partial charge in [0.1, 0.15) is 11.3 Å². The highest BCUT2D eigenvalue weighted by Gasteiger charge is 2.31. The number of hydrogen-bond donors (Lipinski definition) is 3. The van der Waals surface area contributed by atoms with Crippen molar-refractivity contribution in [2.75, 3.05) is 13.1 Å². The van der Waals surface area contributed by atoms with E-state index in [4.69, 9.17) is 4.42 Å². The fraction of sp³-hybridized carbons (Fsp3) is 0.300. The van der Waals surface area contributed by atoms with Crippen LogP contribution in [-0.2, 0) is 23.0 Å². The lowest BCUT2D eigenvalue weighted by Crippen LogP contribution is -2.49. The molecule has 3 aromatic carbocycles. The number of phenols is 1.